The van der Waals surface area contributed by atoms with Crippen molar-refractivity contribution >= 4 is 11.6 Å². The van der Waals surface area contributed by atoms with Gasteiger partial charge in [-0.25, -0.2) is 4.39 Å². The fourth-order valence-electron chi connectivity index (χ4n) is 1.45. The van der Waals surface area contributed by atoms with Crippen molar-refractivity contribution in [2.75, 3.05) is 0 Å². The van der Waals surface area contributed by atoms with Gasteiger partial charge in [-0.1, -0.05) is 11.6 Å². The minimum absolute atomic E-state index is 0.0397. The van der Waals surface area contributed by atoms with Gasteiger partial charge in [-0.05, 0) is 36.4 Å². The summed E-state index contributed by atoms with van der Waals surface area (Å²) in [6.45, 7) is 0. The van der Waals surface area contributed by atoms with Crippen LogP contribution >= 0.6 is 11.6 Å². The van der Waals surface area contributed by atoms with Crippen molar-refractivity contribution in [1.29, 1.82) is 0 Å². The molecule has 2 aromatic rings. The molecule has 0 atom stereocenters. The summed E-state index contributed by atoms with van der Waals surface area (Å²) in [6.07, 6.45) is 0. The molecule has 0 aromatic heterocycles. The maximum Gasteiger partial charge on any atom is 0.132 e. The first-order valence-electron chi connectivity index (χ1n) is 4.55. The van der Waals surface area contributed by atoms with E-state index in [1.165, 1.54) is 30.3 Å². The van der Waals surface area contributed by atoms with Crippen LogP contribution in [0.2, 0.25) is 5.02 Å². The molecule has 0 heterocycles. The summed E-state index contributed by atoms with van der Waals surface area (Å²) in [4.78, 5) is 0. The molecule has 0 aliphatic rings. The van der Waals surface area contributed by atoms with E-state index in [1.54, 1.807) is 0 Å². The van der Waals surface area contributed by atoms with Crippen LogP contribution in [0.3, 0.4) is 0 Å². The van der Waals surface area contributed by atoms with E-state index in [0.29, 0.717) is 0 Å². The zero-order chi connectivity index (χ0) is 11.7. The fraction of sp³-hybridized carbons (Fsp3) is 0. The van der Waals surface area contributed by atoms with Gasteiger partial charge in [0, 0.05) is 16.1 Å². The summed E-state index contributed by atoms with van der Waals surface area (Å²) < 4.78 is 13.6. The number of rotatable bonds is 1. The van der Waals surface area contributed by atoms with Crippen LogP contribution in [0.25, 0.3) is 11.1 Å². The summed E-state index contributed by atoms with van der Waals surface area (Å²) in [5, 5.41) is 19.1. The second-order valence-corrected chi connectivity index (χ2v) is 3.76. The lowest BCUT2D eigenvalue weighted by molar-refractivity contribution is 0.461. The monoisotopic (exact) mass is 238 g/mol. The number of hydrogen-bond acceptors (Lipinski definition) is 2. The highest BCUT2D eigenvalue weighted by atomic mass is 35.5. The quantitative estimate of drug-likeness (QED) is 0.746. The lowest BCUT2D eigenvalue weighted by atomic mass is 10.0. The van der Waals surface area contributed by atoms with Gasteiger partial charge in [-0.2, -0.15) is 0 Å². The Bertz CT molecular complexity index is 541. The predicted octanol–water partition coefficient (Wildman–Crippen LogP) is 3.56. The largest absolute Gasteiger partial charge is 0.508 e. The molecule has 0 unspecified atom stereocenters. The average Bonchev–Trinajstić information content (AvgIpc) is 2.22. The van der Waals surface area contributed by atoms with E-state index in [2.05, 4.69) is 0 Å². The first-order chi connectivity index (χ1) is 7.58. The van der Waals surface area contributed by atoms with E-state index < -0.39 is 5.82 Å². The Balaban J connectivity index is 2.62. The lowest BCUT2D eigenvalue weighted by Crippen LogP contribution is -1.85. The summed E-state index contributed by atoms with van der Waals surface area (Å²) in [6, 6.07) is 8.04. The highest BCUT2D eigenvalue weighted by Gasteiger charge is 2.10. The molecular formula is C12H8ClFO2. The molecule has 0 radical (unpaired) electrons. The second-order valence-electron chi connectivity index (χ2n) is 3.33. The van der Waals surface area contributed by atoms with Crippen molar-refractivity contribution in [2.45, 2.75) is 0 Å². The van der Waals surface area contributed by atoms with Crippen LogP contribution in [0, 0.1) is 5.82 Å². The first kappa shape index (κ1) is 10.8. The molecular weight excluding hydrogens is 231 g/mol. The molecule has 2 nitrogen and oxygen atoms in total. The second kappa shape index (κ2) is 4.02. The molecule has 0 saturated heterocycles. The zero-order valence-electron chi connectivity index (χ0n) is 8.11. The van der Waals surface area contributed by atoms with Crippen LogP contribution in [0.1, 0.15) is 0 Å². The van der Waals surface area contributed by atoms with Crippen LogP contribution in [0.4, 0.5) is 4.39 Å². The van der Waals surface area contributed by atoms with Crippen LogP contribution in [-0.2, 0) is 0 Å². The van der Waals surface area contributed by atoms with Gasteiger partial charge >= 0.3 is 0 Å². The van der Waals surface area contributed by atoms with Gasteiger partial charge in [-0.3, -0.25) is 0 Å². The molecule has 0 spiro atoms. The van der Waals surface area contributed by atoms with E-state index in [-0.39, 0.29) is 27.6 Å². The van der Waals surface area contributed by atoms with Crippen LogP contribution in [0.5, 0.6) is 11.5 Å². The van der Waals surface area contributed by atoms with Crippen molar-refractivity contribution in [2.24, 2.45) is 0 Å². The smallest absolute Gasteiger partial charge is 0.132 e. The van der Waals surface area contributed by atoms with Crippen molar-refractivity contribution in [3.8, 4) is 22.6 Å². The Morgan fingerprint density at radius 1 is 0.938 bits per heavy atom. The number of phenolic OH excluding ortho intramolecular Hbond substituents is 2. The number of halogens is 2. The molecule has 4 heteroatoms. The normalized spacial score (nSPS) is 10.4. The SMILES string of the molecule is Oc1ccc(O)c(-c2ccc(Cl)cc2F)c1. The van der Waals surface area contributed by atoms with Crippen LogP contribution < -0.4 is 0 Å². The van der Waals surface area contributed by atoms with E-state index in [0.717, 1.165) is 6.07 Å². The Morgan fingerprint density at radius 3 is 2.38 bits per heavy atom. The van der Waals surface area contributed by atoms with Gasteiger partial charge in [0.15, 0.2) is 0 Å². The highest BCUT2D eigenvalue weighted by Crippen LogP contribution is 2.34. The predicted molar refractivity (Wildman–Crippen MR) is 60.2 cm³/mol. The maximum absolute atomic E-state index is 13.6. The number of phenols is 2. The minimum Gasteiger partial charge on any atom is -0.508 e. The summed E-state index contributed by atoms with van der Waals surface area (Å²) >= 11 is 5.62. The molecule has 16 heavy (non-hydrogen) atoms. The third-order valence-electron chi connectivity index (χ3n) is 2.20. The molecule has 0 amide bonds. The van der Waals surface area contributed by atoms with Crippen molar-refractivity contribution in [3.63, 3.8) is 0 Å². The highest BCUT2D eigenvalue weighted by molar-refractivity contribution is 6.30. The van der Waals surface area contributed by atoms with Crippen LogP contribution in [0.15, 0.2) is 36.4 Å². The third-order valence-corrected chi connectivity index (χ3v) is 2.44. The first-order valence-corrected chi connectivity index (χ1v) is 4.93. The lowest BCUT2D eigenvalue weighted by Gasteiger charge is -2.06. The van der Waals surface area contributed by atoms with Gasteiger partial charge in [0.2, 0.25) is 0 Å². The van der Waals surface area contributed by atoms with Crippen LogP contribution in [-0.4, -0.2) is 10.2 Å². The van der Waals surface area contributed by atoms with Crippen molar-refractivity contribution in [1.82, 2.24) is 0 Å². The van der Waals surface area contributed by atoms with Gasteiger partial charge in [-0.15, -0.1) is 0 Å². The fourth-order valence-corrected chi connectivity index (χ4v) is 1.61. The van der Waals surface area contributed by atoms with Gasteiger partial charge in [0.05, 0.1) is 0 Å². The van der Waals surface area contributed by atoms with Gasteiger partial charge < -0.3 is 10.2 Å². The summed E-state index contributed by atoms with van der Waals surface area (Å²) in [5.41, 5.74) is 0.423. The zero-order valence-corrected chi connectivity index (χ0v) is 8.87. The Kier molecular flexibility index (Phi) is 2.71. The average molecular weight is 239 g/mol. The van der Waals surface area contributed by atoms with E-state index in [9.17, 15) is 14.6 Å². The summed E-state index contributed by atoms with van der Waals surface area (Å²) in [7, 11) is 0. The summed E-state index contributed by atoms with van der Waals surface area (Å²) in [5.74, 6) is -0.686. The Hall–Kier alpha value is -1.74. The molecule has 82 valence electrons. The molecule has 0 fully saturated rings. The van der Waals surface area contributed by atoms with Crippen molar-refractivity contribution < 1.29 is 14.6 Å². The molecule has 0 aliphatic carbocycles. The topological polar surface area (TPSA) is 40.5 Å². The molecule has 2 rings (SSSR count). The molecule has 0 saturated carbocycles. The Labute approximate surface area is 96.5 Å². The van der Waals surface area contributed by atoms with E-state index in [1.807, 2.05) is 0 Å². The maximum atomic E-state index is 13.6. The molecule has 2 aromatic carbocycles. The Morgan fingerprint density at radius 2 is 1.69 bits per heavy atom. The van der Waals surface area contributed by atoms with Gasteiger partial charge in [0.1, 0.15) is 17.3 Å². The number of hydrogen-bond donors (Lipinski definition) is 2. The third kappa shape index (κ3) is 1.95. The number of benzene rings is 2. The van der Waals surface area contributed by atoms with E-state index >= 15 is 0 Å². The molecule has 0 aliphatic heterocycles. The molecule has 2 N–H and O–H groups in total. The minimum atomic E-state index is -0.548. The number of aromatic hydroxyl groups is 2. The van der Waals surface area contributed by atoms with E-state index in [4.69, 9.17) is 11.6 Å². The standard InChI is InChI=1S/C12H8ClFO2/c13-7-1-3-9(11(14)5-7)10-6-8(15)2-4-12(10)16/h1-6,15-16H. The van der Waals surface area contributed by atoms with Crippen molar-refractivity contribution in [3.05, 3.63) is 47.2 Å². The molecule has 0 bridgehead atoms. The van der Waals surface area contributed by atoms with Gasteiger partial charge in [0.25, 0.3) is 0 Å².